The van der Waals surface area contributed by atoms with Crippen molar-refractivity contribution >= 4 is 17.7 Å². The second kappa shape index (κ2) is 8.11. The first-order valence-electron chi connectivity index (χ1n) is 9.44. The predicted octanol–water partition coefficient (Wildman–Crippen LogP) is 4.42. The Bertz CT molecular complexity index is 641. The number of carbonyl (C=O) groups excluding carboxylic acids is 2. The van der Waals surface area contributed by atoms with Crippen LogP contribution in [0.4, 0.5) is 10.5 Å². The molecule has 0 aliphatic carbocycles. The Kier molecular flexibility index (Phi) is 6.32. The molecule has 1 aromatic carbocycles. The Hall–Kier alpha value is -2.04. The third-order valence-corrected chi connectivity index (χ3v) is 4.75. The van der Waals surface area contributed by atoms with Crippen LogP contribution in [0, 0.1) is 5.92 Å². The Labute approximate surface area is 157 Å². The minimum atomic E-state index is -0.496. The summed E-state index contributed by atoms with van der Waals surface area (Å²) < 4.78 is 5.42. The molecule has 0 aromatic heterocycles. The zero-order valence-electron chi connectivity index (χ0n) is 16.9. The minimum absolute atomic E-state index is 0.0566. The summed E-state index contributed by atoms with van der Waals surface area (Å²) in [6, 6.07) is 8.06. The quantitative estimate of drug-likeness (QED) is 0.802. The maximum Gasteiger partial charge on any atom is 0.410 e. The highest BCUT2D eigenvalue weighted by atomic mass is 16.6. The van der Waals surface area contributed by atoms with Crippen molar-refractivity contribution in [1.82, 2.24) is 4.90 Å². The second-order valence-electron chi connectivity index (χ2n) is 8.35. The smallest absolute Gasteiger partial charge is 0.410 e. The van der Waals surface area contributed by atoms with Gasteiger partial charge in [-0.1, -0.05) is 32.0 Å². The average Bonchev–Trinajstić information content (AvgIpc) is 2.59. The summed E-state index contributed by atoms with van der Waals surface area (Å²) in [6.45, 7) is 11.0. The molecule has 1 heterocycles. The highest BCUT2D eigenvalue weighted by Crippen LogP contribution is 2.29. The van der Waals surface area contributed by atoms with Gasteiger partial charge in [0.25, 0.3) is 0 Å². The zero-order valence-corrected chi connectivity index (χ0v) is 16.9. The monoisotopic (exact) mass is 360 g/mol. The fraction of sp³-hybridized carbons (Fsp3) is 0.619. The first-order chi connectivity index (χ1) is 12.1. The maximum atomic E-state index is 13.0. The molecule has 0 radical (unpaired) electrons. The Morgan fingerprint density at radius 1 is 1.15 bits per heavy atom. The van der Waals surface area contributed by atoms with Gasteiger partial charge in [-0.25, -0.2) is 4.79 Å². The number of piperidine rings is 1. The molecule has 144 valence electrons. The lowest BCUT2D eigenvalue weighted by molar-refractivity contribution is -0.123. The van der Waals surface area contributed by atoms with Crippen LogP contribution >= 0.6 is 0 Å². The van der Waals surface area contributed by atoms with Crippen LogP contribution in [0.25, 0.3) is 0 Å². The Balaban J connectivity index is 1.99. The van der Waals surface area contributed by atoms with E-state index in [1.54, 1.807) is 9.80 Å². The number of amides is 2. The van der Waals surface area contributed by atoms with Gasteiger partial charge in [0, 0.05) is 31.7 Å². The summed E-state index contributed by atoms with van der Waals surface area (Å²) in [5.74, 6) is 0.427. The molecule has 1 aliphatic rings. The maximum absolute atomic E-state index is 13.0. The molecule has 1 saturated heterocycles. The van der Waals surface area contributed by atoms with Crippen LogP contribution in [0.1, 0.15) is 58.9 Å². The topological polar surface area (TPSA) is 49.9 Å². The molecule has 0 saturated carbocycles. The molecule has 1 aliphatic heterocycles. The van der Waals surface area contributed by atoms with Crippen molar-refractivity contribution in [3.8, 4) is 0 Å². The molecule has 1 fully saturated rings. The van der Waals surface area contributed by atoms with E-state index < -0.39 is 5.60 Å². The first-order valence-corrected chi connectivity index (χ1v) is 9.44. The number of likely N-dealkylation sites (tertiary alicyclic amines) is 1. The molecule has 0 unspecified atom stereocenters. The van der Waals surface area contributed by atoms with E-state index >= 15 is 0 Å². The fourth-order valence-corrected chi connectivity index (χ4v) is 3.31. The van der Waals surface area contributed by atoms with Crippen LogP contribution in [-0.4, -0.2) is 42.6 Å². The molecule has 0 bridgehead atoms. The molecule has 2 rings (SSSR count). The average molecular weight is 360 g/mol. The van der Waals surface area contributed by atoms with Crippen LogP contribution in [0.15, 0.2) is 24.3 Å². The molecule has 0 N–H and O–H groups in total. The van der Waals surface area contributed by atoms with E-state index in [0.29, 0.717) is 31.8 Å². The van der Waals surface area contributed by atoms with E-state index in [1.807, 2.05) is 46.0 Å². The van der Waals surface area contributed by atoms with Gasteiger partial charge in [-0.05, 0) is 51.2 Å². The number of rotatable bonds is 3. The molecule has 1 aromatic rings. The normalized spacial score (nSPS) is 15.9. The van der Waals surface area contributed by atoms with Crippen molar-refractivity contribution in [2.45, 2.75) is 59.0 Å². The van der Waals surface area contributed by atoms with Gasteiger partial charge in [0.1, 0.15) is 5.60 Å². The van der Waals surface area contributed by atoms with Gasteiger partial charge >= 0.3 is 6.09 Å². The van der Waals surface area contributed by atoms with Crippen molar-refractivity contribution in [3.63, 3.8) is 0 Å². The third-order valence-electron chi connectivity index (χ3n) is 4.75. The molecular weight excluding hydrogens is 328 g/mol. The summed E-state index contributed by atoms with van der Waals surface area (Å²) in [6.07, 6.45) is 1.06. The van der Waals surface area contributed by atoms with E-state index in [0.717, 1.165) is 5.69 Å². The number of benzene rings is 1. The molecular formula is C21H32N2O3. The van der Waals surface area contributed by atoms with E-state index in [-0.39, 0.29) is 17.9 Å². The third kappa shape index (κ3) is 4.99. The lowest BCUT2D eigenvalue weighted by Gasteiger charge is -2.34. The predicted molar refractivity (Wildman–Crippen MR) is 104 cm³/mol. The Morgan fingerprint density at radius 3 is 2.27 bits per heavy atom. The molecule has 5 nitrogen and oxygen atoms in total. The number of anilines is 1. The van der Waals surface area contributed by atoms with Crippen molar-refractivity contribution in [2.75, 3.05) is 25.0 Å². The second-order valence-corrected chi connectivity index (χ2v) is 8.35. The lowest BCUT2D eigenvalue weighted by atomic mass is 9.94. The SMILES string of the molecule is CC(C)c1ccccc1N(C)C(=O)C1CCN(C(=O)OC(C)(C)C)CC1. The summed E-state index contributed by atoms with van der Waals surface area (Å²) in [5.41, 5.74) is 1.65. The standard InChI is InChI=1S/C21H32N2O3/c1-15(2)17-9-7-8-10-18(17)22(6)19(24)16-11-13-23(14-12-16)20(25)26-21(3,4)5/h7-10,15-16H,11-14H2,1-6H3. The van der Waals surface area contributed by atoms with Gasteiger partial charge in [-0.3, -0.25) is 4.79 Å². The number of hydrogen-bond donors (Lipinski definition) is 0. The van der Waals surface area contributed by atoms with Gasteiger partial charge in [0.2, 0.25) is 5.91 Å². The number of ether oxygens (including phenoxy) is 1. The van der Waals surface area contributed by atoms with Crippen molar-refractivity contribution in [3.05, 3.63) is 29.8 Å². The van der Waals surface area contributed by atoms with Gasteiger partial charge in [0.05, 0.1) is 0 Å². The summed E-state index contributed by atoms with van der Waals surface area (Å²) in [4.78, 5) is 28.6. The van der Waals surface area contributed by atoms with Crippen molar-refractivity contribution in [2.24, 2.45) is 5.92 Å². The molecule has 5 heteroatoms. The van der Waals surface area contributed by atoms with Gasteiger partial charge in [-0.15, -0.1) is 0 Å². The van der Waals surface area contributed by atoms with E-state index in [4.69, 9.17) is 4.74 Å². The molecule has 2 amide bonds. The van der Waals surface area contributed by atoms with Crippen LogP contribution in [0.2, 0.25) is 0 Å². The van der Waals surface area contributed by atoms with E-state index in [9.17, 15) is 9.59 Å². The van der Waals surface area contributed by atoms with E-state index in [1.165, 1.54) is 5.56 Å². The number of para-hydroxylation sites is 1. The van der Waals surface area contributed by atoms with Gasteiger partial charge in [0.15, 0.2) is 0 Å². The van der Waals surface area contributed by atoms with E-state index in [2.05, 4.69) is 19.9 Å². The molecule has 26 heavy (non-hydrogen) atoms. The lowest BCUT2D eigenvalue weighted by Crippen LogP contribution is -2.45. The number of carbonyl (C=O) groups is 2. The van der Waals surface area contributed by atoms with Gasteiger partial charge in [-0.2, -0.15) is 0 Å². The summed E-state index contributed by atoms with van der Waals surface area (Å²) in [7, 11) is 1.85. The highest BCUT2D eigenvalue weighted by Gasteiger charge is 2.32. The fourth-order valence-electron chi connectivity index (χ4n) is 3.31. The summed E-state index contributed by atoms with van der Waals surface area (Å²) in [5, 5.41) is 0. The van der Waals surface area contributed by atoms with Gasteiger partial charge < -0.3 is 14.5 Å². The van der Waals surface area contributed by atoms with Crippen molar-refractivity contribution in [1.29, 1.82) is 0 Å². The van der Waals surface area contributed by atoms with Crippen LogP contribution in [0.3, 0.4) is 0 Å². The number of hydrogen-bond acceptors (Lipinski definition) is 3. The summed E-state index contributed by atoms with van der Waals surface area (Å²) >= 11 is 0. The minimum Gasteiger partial charge on any atom is -0.444 e. The molecule has 0 spiro atoms. The Morgan fingerprint density at radius 2 is 1.73 bits per heavy atom. The van der Waals surface area contributed by atoms with Crippen LogP contribution in [-0.2, 0) is 9.53 Å². The zero-order chi connectivity index (χ0) is 19.5. The largest absolute Gasteiger partial charge is 0.444 e. The first kappa shape index (κ1) is 20.3. The number of nitrogens with zero attached hydrogens (tertiary/aromatic N) is 2. The van der Waals surface area contributed by atoms with Crippen molar-refractivity contribution < 1.29 is 14.3 Å². The highest BCUT2D eigenvalue weighted by molar-refractivity contribution is 5.95. The van der Waals surface area contributed by atoms with Crippen LogP contribution in [0.5, 0.6) is 0 Å². The molecule has 0 atom stereocenters. The van der Waals surface area contributed by atoms with Crippen LogP contribution < -0.4 is 4.90 Å².